The molecule has 0 radical (unpaired) electrons. The molecular formula is C12H19N3O2. The maximum atomic E-state index is 9.88. The minimum absolute atomic E-state index is 0.0122. The van der Waals surface area contributed by atoms with Crippen molar-refractivity contribution in [1.82, 2.24) is 5.32 Å². The second kappa shape index (κ2) is 6.34. The third-order valence-electron chi connectivity index (χ3n) is 2.62. The first-order chi connectivity index (χ1) is 8.06. The summed E-state index contributed by atoms with van der Waals surface area (Å²) >= 11 is 0. The van der Waals surface area contributed by atoms with Gasteiger partial charge in [-0.3, -0.25) is 5.41 Å². The van der Waals surface area contributed by atoms with Crippen LogP contribution in [0.2, 0.25) is 0 Å². The summed E-state index contributed by atoms with van der Waals surface area (Å²) < 4.78 is 0. The Morgan fingerprint density at radius 3 is 2.41 bits per heavy atom. The van der Waals surface area contributed by atoms with Crippen molar-refractivity contribution in [1.29, 1.82) is 5.41 Å². The number of nitrogens with two attached hydrogens (primary N) is 1. The van der Waals surface area contributed by atoms with E-state index in [-0.39, 0.29) is 5.84 Å². The zero-order valence-corrected chi connectivity index (χ0v) is 9.85. The Bertz CT molecular complexity index is 365. The lowest BCUT2D eigenvalue weighted by Crippen LogP contribution is -2.23. The maximum Gasteiger partial charge on any atom is 0.122 e. The minimum atomic E-state index is -0.913. The lowest BCUT2D eigenvalue weighted by molar-refractivity contribution is 0.0140. The fraction of sp³-hybridized carbons (Fsp3) is 0.417. The number of hydrogen-bond donors (Lipinski definition) is 5. The summed E-state index contributed by atoms with van der Waals surface area (Å²) in [7, 11) is 1.79. The number of amidine groups is 1. The van der Waals surface area contributed by atoms with Gasteiger partial charge in [-0.15, -0.1) is 0 Å². The molecule has 0 bridgehead atoms. The second-order valence-electron chi connectivity index (χ2n) is 3.94. The van der Waals surface area contributed by atoms with Crippen molar-refractivity contribution in [3.05, 3.63) is 35.4 Å². The summed E-state index contributed by atoms with van der Waals surface area (Å²) in [4.78, 5) is 0. The first-order valence-electron chi connectivity index (χ1n) is 5.51. The second-order valence-corrected chi connectivity index (χ2v) is 3.94. The summed E-state index contributed by atoms with van der Waals surface area (Å²) in [5.41, 5.74) is 6.55. The SMILES string of the molecule is CNCCC(O)C(O)c1ccc(C(=N)N)cc1. The molecule has 0 spiro atoms. The molecule has 0 saturated carbocycles. The van der Waals surface area contributed by atoms with Crippen LogP contribution in [0.4, 0.5) is 0 Å². The number of aliphatic hydroxyl groups excluding tert-OH is 2. The predicted octanol–water partition coefficient (Wildman–Crippen LogP) is -0.0255. The van der Waals surface area contributed by atoms with Crippen molar-refractivity contribution in [3.8, 4) is 0 Å². The van der Waals surface area contributed by atoms with Gasteiger partial charge in [-0.1, -0.05) is 24.3 Å². The van der Waals surface area contributed by atoms with E-state index in [1.54, 1.807) is 31.3 Å². The Balaban J connectivity index is 2.68. The van der Waals surface area contributed by atoms with Gasteiger partial charge >= 0.3 is 0 Å². The molecule has 0 saturated heterocycles. The molecule has 0 aliphatic rings. The summed E-state index contributed by atoms with van der Waals surface area (Å²) in [6, 6.07) is 6.66. The van der Waals surface area contributed by atoms with Gasteiger partial charge in [0.2, 0.25) is 0 Å². The normalized spacial score (nSPS) is 14.3. The van der Waals surface area contributed by atoms with E-state index in [1.165, 1.54) is 0 Å². The lowest BCUT2D eigenvalue weighted by Gasteiger charge is -2.18. The average Bonchev–Trinajstić information content (AvgIpc) is 2.35. The number of nitrogen functional groups attached to an aromatic ring is 1. The van der Waals surface area contributed by atoms with Crippen molar-refractivity contribution < 1.29 is 10.2 Å². The van der Waals surface area contributed by atoms with E-state index in [2.05, 4.69) is 5.32 Å². The van der Waals surface area contributed by atoms with Gasteiger partial charge in [0.1, 0.15) is 11.9 Å². The molecule has 0 fully saturated rings. The van der Waals surface area contributed by atoms with Crippen LogP contribution in [0.25, 0.3) is 0 Å². The van der Waals surface area contributed by atoms with E-state index in [0.717, 1.165) is 0 Å². The van der Waals surface area contributed by atoms with Crippen molar-refractivity contribution in [3.63, 3.8) is 0 Å². The Hall–Kier alpha value is -1.43. The molecule has 0 aromatic heterocycles. The smallest absolute Gasteiger partial charge is 0.122 e. The molecule has 5 heteroatoms. The Labute approximate surface area is 101 Å². The van der Waals surface area contributed by atoms with Gasteiger partial charge in [0.25, 0.3) is 0 Å². The topological polar surface area (TPSA) is 102 Å². The highest BCUT2D eigenvalue weighted by Crippen LogP contribution is 2.19. The highest BCUT2D eigenvalue weighted by atomic mass is 16.3. The number of aliphatic hydroxyl groups is 2. The van der Waals surface area contributed by atoms with Crippen LogP contribution in [0.5, 0.6) is 0 Å². The molecule has 2 unspecified atom stereocenters. The number of hydrogen-bond acceptors (Lipinski definition) is 4. The zero-order valence-electron chi connectivity index (χ0n) is 9.85. The molecule has 0 heterocycles. The summed E-state index contributed by atoms with van der Waals surface area (Å²) in [6.07, 6.45) is -1.23. The van der Waals surface area contributed by atoms with Gasteiger partial charge < -0.3 is 21.3 Å². The monoisotopic (exact) mass is 237 g/mol. The molecule has 1 aromatic rings. The van der Waals surface area contributed by atoms with Crippen LogP contribution in [0.3, 0.4) is 0 Å². The molecule has 0 aliphatic heterocycles. The van der Waals surface area contributed by atoms with Crippen LogP contribution in [0, 0.1) is 5.41 Å². The molecule has 17 heavy (non-hydrogen) atoms. The first kappa shape index (κ1) is 13.6. The Morgan fingerprint density at radius 2 is 1.94 bits per heavy atom. The van der Waals surface area contributed by atoms with Crippen molar-refractivity contribution >= 4 is 5.84 Å². The third-order valence-corrected chi connectivity index (χ3v) is 2.62. The zero-order chi connectivity index (χ0) is 12.8. The number of nitrogens with one attached hydrogen (secondary N) is 2. The van der Waals surface area contributed by atoms with Gasteiger partial charge in [0, 0.05) is 5.56 Å². The van der Waals surface area contributed by atoms with E-state index in [0.29, 0.717) is 24.1 Å². The fourth-order valence-electron chi connectivity index (χ4n) is 1.53. The Morgan fingerprint density at radius 1 is 1.35 bits per heavy atom. The largest absolute Gasteiger partial charge is 0.390 e. The van der Waals surface area contributed by atoms with E-state index in [9.17, 15) is 10.2 Å². The molecule has 94 valence electrons. The standard InChI is InChI=1S/C12H19N3O2/c1-15-7-6-10(16)11(17)8-2-4-9(5-3-8)12(13)14/h2-5,10-11,15-17H,6-7H2,1H3,(H3,13,14). The van der Waals surface area contributed by atoms with E-state index in [1.807, 2.05) is 0 Å². The van der Waals surface area contributed by atoms with Gasteiger partial charge in [-0.05, 0) is 25.6 Å². The van der Waals surface area contributed by atoms with Crippen molar-refractivity contribution in [2.24, 2.45) is 5.73 Å². The van der Waals surface area contributed by atoms with Gasteiger partial charge in [0.15, 0.2) is 0 Å². The predicted molar refractivity (Wildman–Crippen MR) is 67.0 cm³/mol. The Kier molecular flexibility index (Phi) is 5.09. The summed E-state index contributed by atoms with van der Waals surface area (Å²) in [5.74, 6) is -0.0122. The van der Waals surface area contributed by atoms with Crippen LogP contribution < -0.4 is 11.1 Å². The molecule has 5 nitrogen and oxygen atoms in total. The van der Waals surface area contributed by atoms with Crippen molar-refractivity contribution in [2.75, 3.05) is 13.6 Å². The third kappa shape index (κ3) is 3.81. The summed E-state index contributed by atoms with van der Waals surface area (Å²) in [6.45, 7) is 0.643. The molecule has 0 aliphatic carbocycles. The van der Waals surface area contributed by atoms with Crippen LogP contribution in [-0.4, -0.2) is 35.7 Å². The quantitative estimate of drug-likeness (QED) is 0.354. The lowest BCUT2D eigenvalue weighted by atomic mass is 10.0. The van der Waals surface area contributed by atoms with Crippen molar-refractivity contribution in [2.45, 2.75) is 18.6 Å². The van der Waals surface area contributed by atoms with E-state index in [4.69, 9.17) is 11.1 Å². The molecule has 1 rings (SSSR count). The summed E-state index contributed by atoms with van der Waals surface area (Å²) in [5, 5.41) is 29.8. The number of rotatable bonds is 6. The highest BCUT2D eigenvalue weighted by molar-refractivity contribution is 5.94. The van der Waals surface area contributed by atoms with Gasteiger partial charge in [-0.2, -0.15) is 0 Å². The maximum absolute atomic E-state index is 9.88. The highest BCUT2D eigenvalue weighted by Gasteiger charge is 2.17. The molecular weight excluding hydrogens is 218 g/mol. The molecule has 6 N–H and O–H groups in total. The van der Waals surface area contributed by atoms with Crippen LogP contribution in [0.1, 0.15) is 23.7 Å². The van der Waals surface area contributed by atoms with Gasteiger partial charge in [0.05, 0.1) is 6.10 Å². The first-order valence-corrected chi connectivity index (χ1v) is 5.51. The number of benzene rings is 1. The fourth-order valence-corrected chi connectivity index (χ4v) is 1.53. The van der Waals surface area contributed by atoms with E-state index >= 15 is 0 Å². The van der Waals surface area contributed by atoms with Gasteiger partial charge in [-0.25, -0.2) is 0 Å². The molecule has 1 aromatic carbocycles. The molecule has 0 amide bonds. The average molecular weight is 237 g/mol. The molecule has 2 atom stereocenters. The van der Waals surface area contributed by atoms with Crippen LogP contribution in [0.15, 0.2) is 24.3 Å². The van der Waals surface area contributed by atoms with Crippen LogP contribution >= 0.6 is 0 Å². The van der Waals surface area contributed by atoms with Crippen LogP contribution in [-0.2, 0) is 0 Å². The minimum Gasteiger partial charge on any atom is -0.390 e. The van der Waals surface area contributed by atoms with E-state index < -0.39 is 12.2 Å².